The first kappa shape index (κ1) is 14.7. The molecule has 0 spiro atoms. The summed E-state index contributed by atoms with van der Waals surface area (Å²) in [6, 6.07) is 11.2. The molecular formula is C16H29P. The number of rotatable bonds is 8. The third kappa shape index (κ3) is 4.80. The van der Waals surface area contributed by atoms with E-state index in [1.807, 2.05) is 0 Å². The fourth-order valence-electron chi connectivity index (χ4n) is 3.26. The summed E-state index contributed by atoms with van der Waals surface area (Å²) in [6.07, 6.45) is 10.1. The van der Waals surface area contributed by atoms with Crippen molar-refractivity contribution in [1.29, 1.82) is 0 Å². The molecular weight excluding hydrogens is 223 g/mol. The number of hydrogen-bond donors (Lipinski definition) is 0. The molecule has 0 saturated heterocycles. The molecule has 0 aliphatic heterocycles. The zero-order chi connectivity index (χ0) is 12.6. The molecule has 0 amide bonds. The fourth-order valence-corrected chi connectivity index (χ4v) is 8.82. The van der Waals surface area contributed by atoms with Crippen molar-refractivity contribution in [1.82, 2.24) is 0 Å². The molecule has 0 fully saturated rings. The Balaban J connectivity index is 2.80. The summed E-state index contributed by atoms with van der Waals surface area (Å²) in [6.45, 7) is 7.08. The van der Waals surface area contributed by atoms with Crippen LogP contribution in [-0.4, -0.2) is 18.5 Å². The Kier molecular flexibility index (Phi) is 6.82. The molecule has 0 bridgehead atoms. The molecule has 98 valence electrons. The second kappa shape index (κ2) is 7.88. The van der Waals surface area contributed by atoms with Crippen LogP contribution in [0.5, 0.6) is 0 Å². The van der Waals surface area contributed by atoms with Gasteiger partial charge in [-0.3, -0.25) is 0 Å². The van der Waals surface area contributed by atoms with Gasteiger partial charge in [0.1, 0.15) is 0 Å². The van der Waals surface area contributed by atoms with Gasteiger partial charge >= 0.3 is 108 Å². The Morgan fingerprint density at radius 1 is 0.765 bits per heavy atom. The van der Waals surface area contributed by atoms with Gasteiger partial charge in [0.25, 0.3) is 0 Å². The van der Waals surface area contributed by atoms with Crippen LogP contribution < -0.4 is 0 Å². The van der Waals surface area contributed by atoms with Crippen LogP contribution in [0.2, 0.25) is 0 Å². The van der Waals surface area contributed by atoms with Crippen molar-refractivity contribution >= 4 is 7.26 Å². The molecule has 1 aromatic rings. The van der Waals surface area contributed by atoms with E-state index in [1.54, 1.807) is 5.56 Å². The van der Waals surface area contributed by atoms with E-state index in [4.69, 9.17) is 0 Å². The summed E-state index contributed by atoms with van der Waals surface area (Å²) in [5.74, 6) is 0. The topological polar surface area (TPSA) is 0 Å². The van der Waals surface area contributed by atoms with Crippen LogP contribution in [0, 0.1) is 0 Å². The van der Waals surface area contributed by atoms with Crippen molar-refractivity contribution in [2.45, 2.75) is 46.2 Å². The Morgan fingerprint density at radius 2 is 1.24 bits per heavy atom. The quantitative estimate of drug-likeness (QED) is 0.560. The van der Waals surface area contributed by atoms with Crippen molar-refractivity contribution in [2.75, 3.05) is 18.5 Å². The van der Waals surface area contributed by atoms with Crippen LogP contribution in [0.25, 0.3) is 0 Å². The molecule has 0 radical (unpaired) electrons. The Labute approximate surface area is 108 Å². The molecule has 1 rings (SSSR count). The first-order valence-electron chi connectivity index (χ1n) is 7.30. The van der Waals surface area contributed by atoms with Gasteiger partial charge in [-0.2, -0.15) is 0 Å². The van der Waals surface area contributed by atoms with E-state index in [-0.39, 0.29) is 0 Å². The molecule has 17 heavy (non-hydrogen) atoms. The normalized spacial score (nSPS) is 12.6. The van der Waals surface area contributed by atoms with Crippen LogP contribution >= 0.6 is 7.26 Å². The molecule has 0 aliphatic carbocycles. The molecule has 0 heterocycles. The maximum atomic E-state index is 2.36. The van der Waals surface area contributed by atoms with Gasteiger partial charge in [-0.1, -0.05) is 0 Å². The van der Waals surface area contributed by atoms with E-state index in [2.05, 4.69) is 51.1 Å². The summed E-state index contributed by atoms with van der Waals surface area (Å²) < 4.78 is 0. The first-order valence-corrected chi connectivity index (χ1v) is 10.1. The SMILES string of the molecule is CCC[PH](CCC)(CCC)Cc1ccccc1. The maximum absolute atomic E-state index is 2.36. The van der Waals surface area contributed by atoms with E-state index in [0.717, 1.165) is 0 Å². The Bertz CT molecular complexity index is 275. The van der Waals surface area contributed by atoms with Gasteiger partial charge in [0.05, 0.1) is 0 Å². The summed E-state index contributed by atoms with van der Waals surface area (Å²) in [4.78, 5) is 0. The average molecular weight is 252 g/mol. The van der Waals surface area contributed by atoms with Crippen LogP contribution in [-0.2, 0) is 6.16 Å². The van der Waals surface area contributed by atoms with Crippen LogP contribution in [0.4, 0.5) is 0 Å². The summed E-state index contributed by atoms with van der Waals surface area (Å²) in [7, 11) is -1.04. The first-order chi connectivity index (χ1) is 8.26. The van der Waals surface area contributed by atoms with E-state index in [0.29, 0.717) is 0 Å². The minimum absolute atomic E-state index is 1.04. The predicted molar refractivity (Wildman–Crippen MR) is 83.9 cm³/mol. The van der Waals surface area contributed by atoms with Crippen LogP contribution in [0.1, 0.15) is 45.6 Å². The van der Waals surface area contributed by atoms with Gasteiger partial charge in [-0.25, -0.2) is 0 Å². The van der Waals surface area contributed by atoms with E-state index >= 15 is 0 Å². The zero-order valence-electron chi connectivity index (χ0n) is 11.8. The van der Waals surface area contributed by atoms with Crippen LogP contribution in [0.15, 0.2) is 30.3 Å². The number of benzene rings is 1. The van der Waals surface area contributed by atoms with E-state index in [1.165, 1.54) is 43.9 Å². The Hall–Kier alpha value is -0.350. The Morgan fingerprint density at radius 3 is 1.65 bits per heavy atom. The molecule has 0 atom stereocenters. The summed E-state index contributed by atoms with van der Waals surface area (Å²) in [5, 5.41) is 0. The molecule has 0 aliphatic rings. The van der Waals surface area contributed by atoms with E-state index < -0.39 is 7.26 Å². The molecule has 0 N–H and O–H groups in total. The van der Waals surface area contributed by atoms with Gasteiger partial charge in [-0.15, -0.1) is 0 Å². The van der Waals surface area contributed by atoms with Gasteiger partial charge in [-0.05, 0) is 0 Å². The molecule has 1 heteroatoms. The standard InChI is InChI=1S/C16H29P/c1-4-12-17(13-5-2,14-6-3)15-16-10-8-7-9-11-16/h7-11,17H,4-6,12-15H2,1-3H3. The van der Waals surface area contributed by atoms with Crippen molar-refractivity contribution < 1.29 is 0 Å². The third-order valence-electron chi connectivity index (χ3n) is 3.76. The van der Waals surface area contributed by atoms with E-state index in [9.17, 15) is 0 Å². The zero-order valence-corrected chi connectivity index (χ0v) is 12.8. The van der Waals surface area contributed by atoms with Crippen molar-refractivity contribution in [3.63, 3.8) is 0 Å². The molecule has 0 aromatic heterocycles. The minimum atomic E-state index is -1.04. The third-order valence-corrected chi connectivity index (χ3v) is 9.60. The average Bonchev–Trinajstić information content (AvgIpc) is 2.31. The van der Waals surface area contributed by atoms with Gasteiger partial charge in [0, 0.05) is 0 Å². The van der Waals surface area contributed by atoms with Crippen molar-refractivity contribution in [2.24, 2.45) is 0 Å². The second-order valence-corrected chi connectivity index (χ2v) is 10.3. The van der Waals surface area contributed by atoms with Crippen molar-refractivity contribution in [3.8, 4) is 0 Å². The monoisotopic (exact) mass is 252 g/mol. The van der Waals surface area contributed by atoms with Gasteiger partial charge < -0.3 is 0 Å². The predicted octanol–water partition coefficient (Wildman–Crippen LogP) is 5.17. The summed E-state index contributed by atoms with van der Waals surface area (Å²) in [5.41, 5.74) is 1.58. The molecule has 0 nitrogen and oxygen atoms in total. The molecule has 0 saturated carbocycles. The van der Waals surface area contributed by atoms with Crippen LogP contribution in [0.3, 0.4) is 0 Å². The summed E-state index contributed by atoms with van der Waals surface area (Å²) >= 11 is 0. The van der Waals surface area contributed by atoms with Crippen molar-refractivity contribution in [3.05, 3.63) is 35.9 Å². The second-order valence-electron chi connectivity index (χ2n) is 5.41. The van der Waals surface area contributed by atoms with Gasteiger partial charge in [0.15, 0.2) is 0 Å². The molecule has 0 unspecified atom stereocenters. The van der Waals surface area contributed by atoms with Gasteiger partial charge in [0.2, 0.25) is 0 Å². The number of hydrogen-bond acceptors (Lipinski definition) is 0. The molecule has 1 aromatic carbocycles. The fraction of sp³-hybridized carbons (Fsp3) is 0.625.